The molecule has 0 aliphatic heterocycles. The molecule has 1 aromatic rings. The Kier molecular flexibility index (Phi) is 5.41. The summed E-state index contributed by atoms with van der Waals surface area (Å²) in [6.45, 7) is 2.12. The summed E-state index contributed by atoms with van der Waals surface area (Å²) >= 11 is 0. The van der Waals surface area contributed by atoms with Gasteiger partial charge in [0.05, 0.1) is 0 Å². The van der Waals surface area contributed by atoms with E-state index in [0.29, 0.717) is 0 Å². The van der Waals surface area contributed by atoms with E-state index < -0.39 is 0 Å². The topological polar surface area (TPSA) is 58.6 Å². The largest absolute Gasteiger partial charge is 0.484 e. The fourth-order valence-corrected chi connectivity index (χ4v) is 2.73. The predicted molar refractivity (Wildman–Crippen MR) is 77.6 cm³/mol. The maximum absolute atomic E-state index is 11.9. The summed E-state index contributed by atoms with van der Waals surface area (Å²) in [6.07, 6.45) is 4.18. The molecule has 0 heterocycles. The second-order valence-corrected chi connectivity index (χ2v) is 5.46. The van der Waals surface area contributed by atoms with Crippen LogP contribution in [-0.2, 0) is 4.79 Å². The van der Waals surface area contributed by atoms with Crippen molar-refractivity contribution in [2.45, 2.75) is 38.6 Å². The third-order valence-electron chi connectivity index (χ3n) is 3.94. The third-order valence-corrected chi connectivity index (χ3v) is 3.94. The van der Waals surface area contributed by atoms with Crippen molar-refractivity contribution in [3.8, 4) is 5.75 Å². The van der Waals surface area contributed by atoms with Gasteiger partial charge in [-0.15, -0.1) is 0 Å². The van der Waals surface area contributed by atoms with Crippen LogP contribution >= 0.6 is 0 Å². The van der Waals surface area contributed by atoms with Gasteiger partial charge < -0.3 is 15.2 Å². The number of aliphatic hydroxyl groups excluding tert-OH is 1. The highest BCUT2D eigenvalue weighted by Crippen LogP contribution is 2.24. The van der Waals surface area contributed by atoms with Gasteiger partial charge in [0.2, 0.25) is 0 Å². The van der Waals surface area contributed by atoms with E-state index in [1.165, 1.54) is 0 Å². The number of ether oxygens (including phenoxy) is 1. The van der Waals surface area contributed by atoms with Crippen LogP contribution in [0.5, 0.6) is 5.75 Å². The number of hydrogen-bond acceptors (Lipinski definition) is 3. The standard InChI is InChI=1S/C16H23NO3/c1-12-6-2-5-9-15(12)20-11-16(19)17-14-8-4-3-7-13(14)10-18/h2,5-6,9,13-14,18H,3-4,7-8,10-11H2,1H3,(H,17,19). The molecule has 0 aromatic heterocycles. The first kappa shape index (κ1) is 14.9. The third kappa shape index (κ3) is 3.97. The Balaban J connectivity index is 1.82. The normalized spacial score (nSPS) is 22.3. The van der Waals surface area contributed by atoms with Gasteiger partial charge in [-0.25, -0.2) is 0 Å². The van der Waals surface area contributed by atoms with Crippen LogP contribution in [0.1, 0.15) is 31.2 Å². The van der Waals surface area contributed by atoms with E-state index in [9.17, 15) is 9.90 Å². The van der Waals surface area contributed by atoms with E-state index in [4.69, 9.17) is 4.74 Å². The Bertz CT molecular complexity index is 447. The zero-order chi connectivity index (χ0) is 14.4. The first-order valence-electron chi connectivity index (χ1n) is 7.29. The SMILES string of the molecule is Cc1ccccc1OCC(=O)NC1CCCCC1CO. The molecule has 1 aliphatic rings. The summed E-state index contributed by atoms with van der Waals surface area (Å²) in [5.41, 5.74) is 1.02. The molecule has 1 saturated carbocycles. The quantitative estimate of drug-likeness (QED) is 0.866. The molecule has 0 bridgehead atoms. The van der Waals surface area contributed by atoms with Crippen molar-refractivity contribution in [1.29, 1.82) is 0 Å². The molecule has 1 amide bonds. The minimum Gasteiger partial charge on any atom is -0.484 e. The van der Waals surface area contributed by atoms with Gasteiger partial charge in [-0.05, 0) is 31.4 Å². The number of hydrogen-bond donors (Lipinski definition) is 2. The molecule has 110 valence electrons. The van der Waals surface area contributed by atoms with Gasteiger partial charge in [-0.2, -0.15) is 0 Å². The van der Waals surface area contributed by atoms with Gasteiger partial charge >= 0.3 is 0 Å². The number of aliphatic hydroxyl groups is 1. The number of carbonyl (C=O) groups is 1. The van der Waals surface area contributed by atoms with E-state index in [1.807, 2.05) is 31.2 Å². The molecule has 4 nitrogen and oxygen atoms in total. The number of carbonyl (C=O) groups excluding carboxylic acids is 1. The maximum atomic E-state index is 11.9. The van der Waals surface area contributed by atoms with Crippen LogP contribution in [0.25, 0.3) is 0 Å². The average molecular weight is 277 g/mol. The smallest absolute Gasteiger partial charge is 0.258 e. The Morgan fingerprint density at radius 1 is 1.35 bits per heavy atom. The number of para-hydroxylation sites is 1. The highest BCUT2D eigenvalue weighted by Gasteiger charge is 2.25. The first-order valence-corrected chi connectivity index (χ1v) is 7.29. The summed E-state index contributed by atoms with van der Waals surface area (Å²) < 4.78 is 5.53. The molecule has 1 aromatic carbocycles. The lowest BCUT2D eigenvalue weighted by molar-refractivity contribution is -0.124. The number of rotatable bonds is 5. The number of nitrogens with one attached hydrogen (secondary N) is 1. The fraction of sp³-hybridized carbons (Fsp3) is 0.562. The lowest BCUT2D eigenvalue weighted by Gasteiger charge is -2.30. The monoisotopic (exact) mass is 277 g/mol. The van der Waals surface area contributed by atoms with Crippen LogP contribution in [0.15, 0.2) is 24.3 Å². The Hall–Kier alpha value is -1.55. The van der Waals surface area contributed by atoms with Crippen LogP contribution in [0.2, 0.25) is 0 Å². The van der Waals surface area contributed by atoms with Crippen LogP contribution in [0, 0.1) is 12.8 Å². The van der Waals surface area contributed by atoms with E-state index in [0.717, 1.165) is 37.0 Å². The second kappa shape index (κ2) is 7.29. The molecule has 2 rings (SSSR count). The van der Waals surface area contributed by atoms with E-state index >= 15 is 0 Å². The molecular formula is C16H23NO3. The highest BCUT2D eigenvalue weighted by molar-refractivity contribution is 5.77. The van der Waals surface area contributed by atoms with Crippen molar-refractivity contribution in [3.63, 3.8) is 0 Å². The van der Waals surface area contributed by atoms with E-state index in [2.05, 4.69) is 5.32 Å². The molecule has 2 unspecified atom stereocenters. The minimum atomic E-state index is -0.112. The highest BCUT2D eigenvalue weighted by atomic mass is 16.5. The lowest BCUT2D eigenvalue weighted by atomic mass is 9.85. The van der Waals surface area contributed by atoms with Crippen molar-refractivity contribution in [2.75, 3.05) is 13.2 Å². The Morgan fingerprint density at radius 2 is 2.10 bits per heavy atom. The van der Waals surface area contributed by atoms with Crippen LogP contribution < -0.4 is 10.1 Å². The molecule has 1 fully saturated rings. The average Bonchev–Trinajstić information content (AvgIpc) is 2.47. The number of aryl methyl sites for hydroxylation is 1. The van der Waals surface area contributed by atoms with Gasteiger partial charge in [-0.3, -0.25) is 4.79 Å². The number of benzene rings is 1. The van der Waals surface area contributed by atoms with Gasteiger partial charge in [-0.1, -0.05) is 31.0 Å². The molecule has 20 heavy (non-hydrogen) atoms. The van der Waals surface area contributed by atoms with Crippen molar-refractivity contribution in [3.05, 3.63) is 29.8 Å². The Labute approximate surface area is 120 Å². The number of amides is 1. The van der Waals surface area contributed by atoms with E-state index in [1.54, 1.807) is 0 Å². The Morgan fingerprint density at radius 3 is 2.85 bits per heavy atom. The molecule has 1 aliphatic carbocycles. The van der Waals surface area contributed by atoms with Gasteiger partial charge in [0.25, 0.3) is 5.91 Å². The van der Waals surface area contributed by atoms with Crippen LogP contribution in [0.4, 0.5) is 0 Å². The van der Waals surface area contributed by atoms with Crippen LogP contribution in [0.3, 0.4) is 0 Å². The minimum absolute atomic E-state index is 0.0273. The summed E-state index contributed by atoms with van der Waals surface area (Å²) in [6, 6.07) is 7.73. The maximum Gasteiger partial charge on any atom is 0.258 e. The zero-order valence-corrected chi connectivity index (χ0v) is 12.0. The summed E-state index contributed by atoms with van der Waals surface area (Å²) in [7, 11) is 0. The van der Waals surface area contributed by atoms with Gasteiger partial charge in [0.15, 0.2) is 6.61 Å². The first-order chi connectivity index (χ1) is 9.70. The molecule has 0 radical (unpaired) electrons. The molecule has 0 saturated heterocycles. The van der Waals surface area contributed by atoms with Crippen molar-refractivity contribution in [1.82, 2.24) is 5.32 Å². The summed E-state index contributed by atoms with van der Waals surface area (Å²) in [5.74, 6) is 0.815. The van der Waals surface area contributed by atoms with Gasteiger partial charge in [0.1, 0.15) is 5.75 Å². The van der Waals surface area contributed by atoms with Crippen molar-refractivity contribution in [2.24, 2.45) is 5.92 Å². The molecule has 4 heteroatoms. The van der Waals surface area contributed by atoms with Crippen molar-refractivity contribution < 1.29 is 14.6 Å². The summed E-state index contributed by atoms with van der Waals surface area (Å²) in [4.78, 5) is 11.9. The fourth-order valence-electron chi connectivity index (χ4n) is 2.73. The predicted octanol–water partition coefficient (Wildman–Crippen LogP) is 2.04. The summed E-state index contributed by atoms with van der Waals surface area (Å²) in [5, 5.41) is 12.3. The van der Waals surface area contributed by atoms with Crippen LogP contribution in [-0.4, -0.2) is 30.3 Å². The second-order valence-electron chi connectivity index (χ2n) is 5.46. The molecule has 2 N–H and O–H groups in total. The van der Waals surface area contributed by atoms with Crippen molar-refractivity contribution >= 4 is 5.91 Å². The zero-order valence-electron chi connectivity index (χ0n) is 12.0. The van der Waals surface area contributed by atoms with E-state index in [-0.39, 0.29) is 31.1 Å². The molecule has 2 atom stereocenters. The molecule has 0 spiro atoms. The van der Waals surface area contributed by atoms with Gasteiger partial charge in [0, 0.05) is 18.6 Å². The molecular weight excluding hydrogens is 254 g/mol. The lowest BCUT2D eigenvalue weighted by Crippen LogP contribution is -2.45.